The predicted molar refractivity (Wildman–Crippen MR) is 77.5 cm³/mol. The van der Waals surface area contributed by atoms with Crippen LogP contribution in [0.1, 0.15) is 13.3 Å². The highest BCUT2D eigenvalue weighted by Gasteiger charge is 2.28. The smallest absolute Gasteiger partial charge is 0.329 e. The molecule has 0 unspecified atom stereocenters. The SMILES string of the molecule is C=C(/C=C(/NCC(C)(F)F)N1CCC(=O)NC1=O)N(C)NC. The van der Waals surface area contributed by atoms with E-state index in [1.165, 1.54) is 11.0 Å². The number of amides is 3. The van der Waals surface area contributed by atoms with E-state index >= 15 is 0 Å². The van der Waals surface area contributed by atoms with E-state index in [0.29, 0.717) is 5.70 Å². The minimum Gasteiger partial charge on any atom is -0.365 e. The Morgan fingerprint density at radius 2 is 2.18 bits per heavy atom. The second kappa shape index (κ2) is 7.21. The molecule has 22 heavy (non-hydrogen) atoms. The van der Waals surface area contributed by atoms with Crippen LogP contribution in [0.3, 0.4) is 0 Å². The topological polar surface area (TPSA) is 76.7 Å². The third-order valence-electron chi connectivity index (χ3n) is 2.99. The summed E-state index contributed by atoms with van der Waals surface area (Å²) < 4.78 is 26.1. The lowest BCUT2D eigenvalue weighted by atomic mass is 10.3. The molecule has 0 aromatic heterocycles. The number of alkyl halides is 2. The van der Waals surface area contributed by atoms with E-state index in [-0.39, 0.29) is 18.8 Å². The maximum absolute atomic E-state index is 13.1. The molecule has 0 spiro atoms. The lowest BCUT2D eigenvalue weighted by molar-refractivity contribution is -0.121. The molecule has 124 valence electrons. The van der Waals surface area contributed by atoms with Gasteiger partial charge in [-0.2, -0.15) is 0 Å². The summed E-state index contributed by atoms with van der Waals surface area (Å²) >= 11 is 0. The van der Waals surface area contributed by atoms with Gasteiger partial charge >= 0.3 is 6.03 Å². The molecule has 7 nitrogen and oxygen atoms in total. The average molecular weight is 317 g/mol. The average Bonchev–Trinajstić information content (AvgIpc) is 2.41. The second-order valence-corrected chi connectivity index (χ2v) is 4.98. The van der Waals surface area contributed by atoms with Gasteiger partial charge in [0.2, 0.25) is 5.91 Å². The van der Waals surface area contributed by atoms with E-state index in [4.69, 9.17) is 0 Å². The predicted octanol–water partition coefficient (Wildman–Crippen LogP) is 0.594. The number of imide groups is 1. The highest BCUT2D eigenvalue weighted by molar-refractivity contribution is 5.97. The number of halogens is 2. The zero-order valence-electron chi connectivity index (χ0n) is 12.9. The van der Waals surface area contributed by atoms with Crippen molar-refractivity contribution in [3.63, 3.8) is 0 Å². The summed E-state index contributed by atoms with van der Waals surface area (Å²) in [5.74, 6) is -3.19. The maximum Gasteiger partial charge on any atom is 0.329 e. The first-order valence-electron chi connectivity index (χ1n) is 6.69. The van der Waals surface area contributed by atoms with Crippen LogP contribution < -0.4 is 16.1 Å². The summed E-state index contributed by atoms with van der Waals surface area (Å²) in [6, 6.07) is -0.658. The van der Waals surface area contributed by atoms with Crippen molar-refractivity contribution < 1.29 is 18.4 Å². The van der Waals surface area contributed by atoms with E-state index in [1.807, 2.05) is 0 Å². The van der Waals surface area contributed by atoms with Crippen molar-refractivity contribution in [1.29, 1.82) is 0 Å². The van der Waals surface area contributed by atoms with Crippen LogP contribution in [-0.2, 0) is 4.79 Å². The number of carbonyl (C=O) groups excluding carboxylic acids is 2. The van der Waals surface area contributed by atoms with Crippen molar-refractivity contribution in [2.24, 2.45) is 0 Å². The summed E-state index contributed by atoms with van der Waals surface area (Å²) in [6.07, 6.45) is 1.55. The van der Waals surface area contributed by atoms with Crippen LogP contribution in [0.25, 0.3) is 0 Å². The van der Waals surface area contributed by atoms with Gasteiger partial charge in [0.15, 0.2) is 0 Å². The molecule has 1 heterocycles. The number of nitrogens with one attached hydrogen (secondary N) is 3. The quantitative estimate of drug-likeness (QED) is 0.473. The molecule has 0 saturated carbocycles. The Morgan fingerprint density at radius 3 is 2.68 bits per heavy atom. The van der Waals surface area contributed by atoms with Gasteiger partial charge in [-0.3, -0.25) is 15.0 Å². The van der Waals surface area contributed by atoms with Crippen molar-refractivity contribution in [3.05, 3.63) is 24.2 Å². The van der Waals surface area contributed by atoms with Gasteiger partial charge in [-0.15, -0.1) is 0 Å². The molecule has 1 saturated heterocycles. The van der Waals surface area contributed by atoms with Crippen LogP contribution in [0.15, 0.2) is 24.2 Å². The van der Waals surface area contributed by atoms with E-state index in [9.17, 15) is 18.4 Å². The van der Waals surface area contributed by atoms with Crippen molar-refractivity contribution in [1.82, 2.24) is 26.0 Å². The molecular weight excluding hydrogens is 296 g/mol. The molecule has 1 aliphatic heterocycles. The normalized spacial score (nSPS) is 16.4. The second-order valence-electron chi connectivity index (χ2n) is 4.98. The Balaban J connectivity index is 2.95. The number of carbonyl (C=O) groups is 2. The van der Waals surface area contributed by atoms with Gasteiger partial charge in [0.05, 0.1) is 6.54 Å². The molecule has 1 aliphatic rings. The molecule has 0 radical (unpaired) electrons. The molecular formula is C13H21F2N5O2. The third-order valence-corrected chi connectivity index (χ3v) is 2.99. The fourth-order valence-electron chi connectivity index (χ4n) is 1.66. The lowest BCUT2D eigenvalue weighted by Gasteiger charge is -2.31. The first kappa shape index (κ1) is 17.9. The number of allylic oxidation sites excluding steroid dienone is 1. The van der Waals surface area contributed by atoms with E-state index in [1.54, 1.807) is 19.1 Å². The molecule has 9 heteroatoms. The monoisotopic (exact) mass is 317 g/mol. The lowest BCUT2D eigenvalue weighted by Crippen LogP contribution is -2.52. The molecule has 0 aromatic carbocycles. The van der Waals surface area contributed by atoms with Crippen LogP contribution >= 0.6 is 0 Å². The van der Waals surface area contributed by atoms with Crippen LogP contribution in [0.4, 0.5) is 13.6 Å². The van der Waals surface area contributed by atoms with Gasteiger partial charge in [0.25, 0.3) is 5.92 Å². The Bertz CT molecular complexity index is 487. The summed E-state index contributed by atoms with van der Waals surface area (Å²) in [5, 5.41) is 6.23. The molecule has 1 rings (SSSR count). The highest BCUT2D eigenvalue weighted by Crippen LogP contribution is 2.14. The fourth-order valence-corrected chi connectivity index (χ4v) is 1.66. The zero-order chi connectivity index (χ0) is 16.9. The molecule has 0 bridgehead atoms. The number of rotatable bonds is 7. The molecule has 0 aliphatic carbocycles. The van der Waals surface area contributed by atoms with E-state index in [2.05, 4.69) is 22.6 Å². The standard InChI is InChI=1S/C13H21F2N5O2/c1-9(19(4)16-3)7-10(17-8-13(2,14)15)20-6-5-11(21)18-12(20)22/h7,16-17H,1,5-6,8H2,2-4H3,(H,18,21,22)/b10-7-. The van der Waals surface area contributed by atoms with Gasteiger partial charge in [-0.1, -0.05) is 6.58 Å². The molecule has 3 amide bonds. The first-order chi connectivity index (χ1) is 10.1. The molecule has 0 aromatic rings. The largest absolute Gasteiger partial charge is 0.365 e. The van der Waals surface area contributed by atoms with Gasteiger partial charge in [-0.25, -0.2) is 19.0 Å². The summed E-state index contributed by atoms with van der Waals surface area (Å²) in [7, 11) is 3.35. The number of hydrogen-bond acceptors (Lipinski definition) is 5. The summed E-state index contributed by atoms with van der Waals surface area (Å²) in [6.45, 7) is 4.01. The number of urea groups is 1. The van der Waals surface area contributed by atoms with Crippen molar-refractivity contribution in [3.8, 4) is 0 Å². The molecule has 3 N–H and O–H groups in total. The minimum absolute atomic E-state index is 0.0988. The maximum atomic E-state index is 13.1. The Hall–Kier alpha value is -2.16. The number of hydrazine groups is 1. The van der Waals surface area contributed by atoms with E-state index < -0.39 is 24.4 Å². The van der Waals surface area contributed by atoms with Crippen LogP contribution in [0.2, 0.25) is 0 Å². The molecule has 0 atom stereocenters. The Morgan fingerprint density at radius 1 is 1.55 bits per heavy atom. The van der Waals surface area contributed by atoms with Crippen LogP contribution in [0, 0.1) is 0 Å². The number of likely N-dealkylation sites (N-methyl/N-ethyl adjacent to an activating group) is 1. The highest BCUT2D eigenvalue weighted by atomic mass is 19.3. The third kappa shape index (κ3) is 5.32. The van der Waals surface area contributed by atoms with E-state index in [0.717, 1.165) is 6.92 Å². The van der Waals surface area contributed by atoms with Crippen molar-refractivity contribution >= 4 is 11.9 Å². The van der Waals surface area contributed by atoms with Gasteiger partial charge in [-0.05, 0) is 0 Å². The molecule has 1 fully saturated rings. The Labute approximate surface area is 128 Å². The summed E-state index contributed by atoms with van der Waals surface area (Å²) in [5.41, 5.74) is 3.26. The van der Waals surface area contributed by atoms with Crippen LogP contribution in [0.5, 0.6) is 0 Å². The summed E-state index contributed by atoms with van der Waals surface area (Å²) in [4.78, 5) is 24.2. The van der Waals surface area contributed by atoms with Gasteiger partial charge < -0.3 is 10.3 Å². The minimum atomic E-state index is -2.95. The number of nitrogens with zero attached hydrogens (tertiary/aromatic N) is 2. The Kier molecular flexibility index (Phi) is 5.86. The zero-order valence-corrected chi connectivity index (χ0v) is 12.9. The first-order valence-corrected chi connectivity index (χ1v) is 6.69. The van der Waals surface area contributed by atoms with Crippen molar-refractivity contribution in [2.45, 2.75) is 19.3 Å². The van der Waals surface area contributed by atoms with Crippen LogP contribution in [-0.4, -0.2) is 55.0 Å². The number of hydrogen-bond donors (Lipinski definition) is 3. The van der Waals surface area contributed by atoms with Gasteiger partial charge in [0.1, 0.15) is 5.82 Å². The fraction of sp³-hybridized carbons (Fsp3) is 0.538. The van der Waals surface area contributed by atoms with Gasteiger partial charge in [0, 0.05) is 45.8 Å². The van der Waals surface area contributed by atoms with Crippen molar-refractivity contribution in [2.75, 3.05) is 27.2 Å².